The Morgan fingerprint density at radius 2 is 2.42 bits per heavy atom. The number of carbonyl (C=O) groups excluding carboxylic acids is 1. The quantitative estimate of drug-likeness (QED) is 0.489. The molecule has 1 aliphatic rings. The Morgan fingerprint density at radius 3 is 3.08 bits per heavy atom. The van der Waals surface area contributed by atoms with E-state index < -0.39 is 0 Å². The minimum atomic E-state index is 0.418. The molecule has 0 aromatic carbocycles. The first kappa shape index (κ1) is 9.79. The van der Waals surface area contributed by atoms with Gasteiger partial charge in [0.15, 0.2) is 0 Å². The molecule has 0 aromatic rings. The zero-order chi connectivity index (χ0) is 8.81. The molecular weight excluding hydrogens is 172 g/mol. The highest BCUT2D eigenvalue weighted by Crippen LogP contribution is 2.22. The molecule has 2 heteroatoms. The maximum atomic E-state index is 11.0. The van der Waals surface area contributed by atoms with E-state index in [-0.39, 0.29) is 0 Å². The van der Waals surface area contributed by atoms with Crippen molar-refractivity contribution in [2.45, 2.75) is 32.1 Å². The topological polar surface area (TPSA) is 17.1 Å². The van der Waals surface area contributed by atoms with Crippen LogP contribution in [-0.2, 0) is 4.79 Å². The van der Waals surface area contributed by atoms with Gasteiger partial charge in [-0.15, -0.1) is 11.6 Å². The van der Waals surface area contributed by atoms with E-state index in [1.807, 2.05) is 0 Å². The highest BCUT2D eigenvalue weighted by atomic mass is 35.5. The Hall–Kier alpha value is -0.300. The van der Waals surface area contributed by atoms with Crippen LogP contribution in [0.25, 0.3) is 0 Å². The van der Waals surface area contributed by atoms with Crippen molar-refractivity contribution in [3.05, 3.63) is 12.2 Å². The number of hydrogen-bond donors (Lipinski definition) is 0. The molecule has 0 bridgehead atoms. The number of alkyl halides is 1. The molecule has 1 saturated carbocycles. The van der Waals surface area contributed by atoms with Crippen molar-refractivity contribution in [1.82, 2.24) is 0 Å². The molecule has 0 heterocycles. The lowest BCUT2D eigenvalue weighted by Crippen LogP contribution is -2.12. The number of ketones is 1. The van der Waals surface area contributed by atoms with Gasteiger partial charge in [0.2, 0.25) is 0 Å². The molecule has 0 aromatic heterocycles. The van der Waals surface area contributed by atoms with Gasteiger partial charge in [0.05, 0.1) is 0 Å². The molecule has 1 rings (SSSR count). The maximum absolute atomic E-state index is 11.0. The number of Topliss-reactive ketones (excluding diaryl/α,β-unsaturated/α-hetero) is 1. The first-order chi connectivity index (χ1) is 5.83. The Kier molecular flexibility index (Phi) is 4.37. The number of halogens is 1. The minimum Gasteiger partial charge on any atom is -0.300 e. The van der Waals surface area contributed by atoms with E-state index in [0.717, 1.165) is 25.7 Å². The van der Waals surface area contributed by atoms with E-state index in [1.165, 1.54) is 6.42 Å². The summed E-state index contributed by atoms with van der Waals surface area (Å²) in [6.45, 7) is 0. The maximum Gasteiger partial charge on any atom is 0.133 e. The van der Waals surface area contributed by atoms with E-state index in [9.17, 15) is 4.79 Å². The van der Waals surface area contributed by atoms with Gasteiger partial charge in [-0.1, -0.05) is 12.2 Å². The van der Waals surface area contributed by atoms with Gasteiger partial charge in [0.1, 0.15) is 5.78 Å². The molecule has 0 spiro atoms. The summed E-state index contributed by atoms with van der Waals surface area (Å²) >= 11 is 5.53. The van der Waals surface area contributed by atoms with Gasteiger partial charge in [-0.3, -0.25) is 4.79 Å². The van der Waals surface area contributed by atoms with Crippen molar-refractivity contribution in [3.63, 3.8) is 0 Å². The highest BCUT2D eigenvalue weighted by molar-refractivity contribution is 6.17. The Balaban J connectivity index is 2.26. The van der Waals surface area contributed by atoms with E-state index >= 15 is 0 Å². The van der Waals surface area contributed by atoms with Crippen LogP contribution in [-0.4, -0.2) is 11.7 Å². The lowest BCUT2D eigenvalue weighted by atomic mass is 9.88. The Morgan fingerprint density at radius 1 is 1.58 bits per heavy atom. The normalized spacial score (nSPS) is 25.1. The van der Waals surface area contributed by atoms with Crippen molar-refractivity contribution in [2.75, 3.05) is 5.88 Å². The van der Waals surface area contributed by atoms with Crippen LogP contribution >= 0.6 is 11.6 Å². The van der Waals surface area contributed by atoms with Gasteiger partial charge in [0, 0.05) is 18.7 Å². The molecule has 0 radical (unpaired) electrons. The molecule has 1 fully saturated rings. The fourth-order valence-electron chi connectivity index (χ4n) is 1.57. The average Bonchev–Trinajstić information content (AvgIpc) is 2.05. The van der Waals surface area contributed by atoms with Gasteiger partial charge in [0.25, 0.3) is 0 Å². The number of allylic oxidation sites excluding steroid dienone is 2. The SMILES string of the molecule is O=C1CCCC(/C=C/CCCl)C1. The molecule has 0 aliphatic heterocycles. The summed E-state index contributed by atoms with van der Waals surface area (Å²) in [5.41, 5.74) is 0. The van der Waals surface area contributed by atoms with Crippen molar-refractivity contribution in [3.8, 4) is 0 Å². The Labute approximate surface area is 78.8 Å². The number of rotatable bonds is 3. The molecule has 0 amide bonds. The van der Waals surface area contributed by atoms with Crippen LogP contribution in [0.15, 0.2) is 12.2 Å². The third-order valence-electron chi connectivity index (χ3n) is 2.20. The second-order valence-corrected chi connectivity index (χ2v) is 3.68. The highest BCUT2D eigenvalue weighted by Gasteiger charge is 2.16. The lowest BCUT2D eigenvalue weighted by Gasteiger charge is -2.16. The van der Waals surface area contributed by atoms with Gasteiger partial charge in [-0.2, -0.15) is 0 Å². The zero-order valence-electron chi connectivity index (χ0n) is 7.26. The molecule has 0 saturated heterocycles. The molecule has 1 atom stereocenters. The first-order valence-corrected chi connectivity index (χ1v) is 5.10. The van der Waals surface area contributed by atoms with Gasteiger partial charge >= 0.3 is 0 Å². The summed E-state index contributed by atoms with van der Waals surface area (Å²) in [5, 5.41) is 0. The predicted molar refractivity (Wildman–Crippen MR) is 51.4 cm³/mol. The van der Waals surface area contributed by atoms with Crippen LogP contribution in [0, 0.1) is 5.92 Å². The molecule has 68 valence electrons. The number of hydrogen-bond acceptors (Lipinski definition) is 1. The fourth-order valence-corrected chi connectivity index (χ4v) is 1.70. The van der Waals surface area contributed by atoms with E-state index in [1.54, 1.807) is 0 Å². The summed E-state index contributed by atoms with van der Waals surface area (Å²) in [4.78, 5) is 11.0. The zero-order valence-corrected chi connectivity index (χ0v) is 8.02. The van der Waals surface area contributed by atoms with Crippen LogP contribution in [0.4, 0.5) is 0 Å². The van der Waals surface area contributed by atoms with Gasteiger partial charge in [-0.05, 0) is 25.2 Å². The van der Waals surface area contributed by atoms with Crippen molar-refractivity contribution < 1.29 is 4.79 Å². The molecule has 0 N–H and O–H groups in total. The molecule has 1 unspecified atom stereocenters. The van der Waals surface area contributed by atoms with Crippen LogP contribution in [0.1, 0.15) is 32.1 Å². The van der Waals surface area contributed by atoms with Crippen molar-refractivity contribution >= 4 is 17.4 Å². The van der Waals surface area contributed by atoms with Gasteiger partial charge < -0.3 is 0 Å². The molecule has 1 aliphatic carbocycles. The van der Waals surface area contributed by atoms with Gasteiger partial charge in [-0.25, -0.2) is 0 Å². The second kappa shape index (κ2) is 5.36. The lowest BCUT2D eigenvalue weighted by molar-refractivity contribution is -0.121. The van der Waals surface area contributed by atoms with Crippen molar-refractivity contribution in [2.24, 2.45) is 5.92 Å². The number of carbonyl (C=O) groups is 1. The van der Waals surface area contributed by atoms with Crippen LogP contribution in [0.5, 0.6) is 0 Å². The Bertz CT molecular complexity index is 175. The minimum absolute atomic E-state index is 0.418. The van der Waals surface area contributed by atoms with E-state index in [4.69, 9.17) is 11.6 Å². The first-order valence-electron chi connectivity index (χ1n) is 4.57. The largest absolute Gasteiger partial charge is 0.300 e. The van der Waals surface area contributed by atoms with Crippen molar-refractivity contribution in [1.29, 1.82) is 0 Å². The van der Waals surface area contributed by atoms with Crippen LogP contribution in [0.3, 0.4) is 0 Å². The third kappa shape index (κ3) is 3.40. The summed E-state index contributed by atoms with van der Waals surface area (Å²) in [5.74, 6) is 1.59. The standard InChI is InChI=1S/C10H15ClO/c11-7-2-1-4-9-5-3-6-10(12)8-9/h1,4,9H,2-3,5-8H2/b4-1+. The fraction of sp³-hybridized carbons (Fsp3) is 0.700. The smallest absolute Gasteiger partial charge is 0.133 e. The summed E-state index contributed by atoms with van der Waals surface area (Å²) < 4.78 is 0. The second-order valence-electron chi connectivity index (χ2n) is 3.30. The third-order valence-corrected chi connectivity index (χ3v) is 2.42. The van der Waals surface area contributed by atoms with Crippen LogP contribution < -0.4 is 0 Å². The molecule has 1 nitrogen and oxygen atoms in total. The average molecular weight is 187 g/mol. The molecular formula is C10H15ClO. The summed E-state index contributed by atoms with van der Waals surface area (Å²) in [6, 6.07) is 0. The monoisotopic (exact) mass is 186 g/mol. The van der Waals surface area contributed by atoms with E-state index in [0.29, 0.717) is 17.6 Å². The van der Waals surface area contributed by atoms with E-state index in [2.05, 4.69) is 12.2 Å². The summed E-state index contributed by atoms with van der Waals surface area (Å²) in [7, 11) is 0. The molecule has 12 heavy (non-hydrogen) atoms. The predicted octanol–water partition coefficient (Wildman–Crippen LogP) is 2.93. The summed E-state index contributed by atoms with van der Waals surface area (Å²) in [6.07, 6.45) is 8.94. The van der Waals surface area contributed by atoms with Crippen LogP contribution in [0.2, 0.25) is 0 Å².